The van der Waals surface area contributed by atoms with Gasteiger partial charge in [0.05, 0.1) is 6.54 Å². The van der Waals surface area contributed by atoms with Crippen LogP contribution >= 0.6 is 0 Å². The van der Waals surface area contributed by atoms with Crippen molar-refractivity contribution < 1.29 is 4.42 Å². The zero-order chi connectivity index (χ0) is 12.8. The lowest BCUT2D eigenvalue weighted by molar-refractivity contribution is 0.288. The lowest BCUT2D eigenvalue weighted by atomic mass is 10.1. The molecule has 1 aliphatic rings. The van der Waals surface area contributed by atoms with Gasteiger partial charge in [-0.05, 0) is 51.4 Å². The van der Waals surface area contributed by atoms with Crippen LogP contribution in [0.5, 0.6) is 0 Å². The fraction of sp³-hybridized carbons (Fsp3) is 0.733. The van der Waals surface area contributed by atoms with E-state index in [4.69, 9.17) is 4.42 Å². The molecule has 0 bridgehead atoms. The molecule has 0 saturated heterocycles. The minimum absolute atomic E-state index is 0.902. The van der Waals surface area contributed by atoms with Gasteiger partial charge >= 0.3 is 0 Å². The summed E-state index contributed by atoms with van der Waals surface area (Å²) in [6.07, 6.45) is 5.72. The van der Waals surface area contributed by atoms with Crippen molar-refractivity contribution in [3.63, 3.8) is 0 Å². The summed E-state index contributed by atoms with van der Waals surface area (Å²) in [5, 5.41) is 3.58. The molecule has 3 nitrogen and oxygen atoms in total. The van der Waals surface area contributed by atoms with E-state index in [1.807, 2.05) is 13.0 Å². The SMILES string of the molecule is Cc1ccc(CN(C)CCNCC2CCCC2)o1. The summed E-state index contributed by atoms with van der Waals surface area (Å²) in [6, 6.07) is 4.10. The molecule has 0 unspecified atom stereocenters. The molecule has 1 heterocycles. The number of aryl methyl sites for hydroxylation is 1. The van der Waals surface area contributed by atoms with Gasteiger partial charge in [0.25, 0.3) is 0 Å². The summed E-state index contributed by atoms with van der Waals surface area (Å²) in [6.45, 7) is 6.25. The molecule has 0 radical (unpaired) electrons. The third-order valence-corrected chi connectivity index (χ3v) is 3.80. The van der Waals surface area contributed by atoms with Gasteiger partial charge in [-0.1, -0.05) is 12.8 Å². The maximum atomic E-state index is 5.58. The Morgan fingerprint density at radius 2 is 2.11 bits per heavy atom. The molecule has 18 heavy (non-hydrogen) atoms. The minimum atomic E-state index is 0.902. The van der Waals surface area contributed by atoms with Crippen LogP contribution < -0.4 is 5.32 Å². The van der Waals surface area contributed by atoms with Crippen LogP contribution in [0.2, 0.25) is 0 Å². The second kappa shape index (κ2) is 6.95. The predicted octanol–water partition coefficient (Wildman–Crippen LogP) is 2.80. The molecule has 0 spiro atoms. The van der Waals surface area contributed by atoms with Gasteiger partial charge in [-0.25, -0.2) is 0 Å². The largest absolute Gasteiger partial charge is 0.465 e. The summed E-state index contributed by atoms with van der Waals surface area (Å²) in [5.41, 5.74) is 0. The minimum Gasteiger partial charge on any atom is -0.465 e. The number of hydrogen-bond donors (Lipinski definition) is 1. The topological polar surface area (TPSA) is 28.4 Å². The Morgan fingerprint density at radius 1 is 1.33 bits per heavy atom. The number of rotatable bonds is 7. The van der Waals surface area contributed by atoms with Gasteiger partial charge in [-0.2, -0.15) is 0 Å². The van der Waals surface area contributed by atoms with Crippen LogP contribution in [0, 0.1) is 12.8 Å². The van der Waals surface area contributed by atoms with E-state index in [1.54, 1.807) is 0 Å². The molecule has 0 amide bonds. The van der Waals surface area contributed by atoms with E-state index in [0.717, 1.165) is 37.1 Å². The van der Waals surface area contributed by atoms with E-state index in [1.165, 1.54) is 32.2 Å². The number of furan rings is 1. The lowest BCUT2D eigenvalue weighted by Crippen LogP contribution is -2.31. The Hall–Kier alpha value is -0.800. The van der Waals surface area contributed by atoms with E-state index in [0.29, 0.717) is 0 Å². The Bertz CT molecular complexity index is 342. The molecule has 0 aliphatic heterocycles. The van der Waals surface area contributed by atoms with Crippen molar-refractivity contribution in [2.24, 2.45) is 5.92 Å². The van der Waals surface area contributed by atoms with Crippen LogP contribution in [0.3, 0.4) is 0 Å². The fourth-order valence-electron chi connectivity index (χ4n) is 2.71. The molecule has 1 saturated carbocycles. The van der Waals surface area contributed by atoms with Crippen molar-refractivity contribution in [2.75, 3.05) is 26.7 Å². The predicted molar refractivity (Wildman–Crippen MR) is 74.6 cm³/mol. The average Bonchev–Trinajstić information content (AvgIpc) is 2.96. The number of nitrogens with one attached hydrogen (secondary N) is 1. The highest BCUT2D eigenvalue weighted by atomic mass is 16.3. The van der Waals surface area contributed by atoms with E-state index in [9.17, 15) is 0 Å². The van der Waals surface area contributed by atoms with Crippen LogP contribution in [0.25, 0.3) is 0 Å². The van der Waals surface area contributed by atoms with Crippen molar-refractivity contribution >= 4 is 0 Å². The molecular weight excluding hydrogens is 224 g/mol. The van der Waals surface area contributed by atoms with Gasteiger partial charge in [-0.15, -0.1) is 0 Å². The number of hydrogen-bond acceptors (Lipinski definition) is 3. The van der Waals surface area contributed by atoms with Crippen molar-refractivity contribution in [2.45, 2.75) is 39.2 Å². The smallest absolute Gasteiger partial charge is 0.118 e. The van der Waals surface area contributed by atoms with Crippen molar-refractivity contribution in [1.82, 2.24) is 10.2 Å². The first-order valence-corrected chi connectivity index (χ1v) is 7.18. The third kappa shape index (κ3) is 4.46. The molecule has 1 aromatic heterocycles. The Labute approximate surface area is 111 Å². The van der Waals surface area contributed by atoms with Crippen molar-refractivity contribution in [1.29, 1.82) is 0 Å². The maximum Gasteiger partial charge on any atom is 0.118 e. The summed E-state index contributed by atoms with van der Waals surface area (Å²) in [7, 11) is 2.15. The molecule has 102 valence electrons. The third-order valence-electron chi connectivity index (χ3n) is 3.80. The molecule has 1 aliphatic carbocycles. The zero-order valence-electron chi connectivity index (χ0n) is 11.7. The van der Waals surface area contributed by atoms with E-state index >= 15 is 0 Å². The average molecular weight is 250 g/mol. The van der Waals surface area contributed by atoms with Gasteiger partial charge in [0.1, 0.15) is 11.5 Å². The molecule has 0 aromatic carbocycles. The Morgan fingerprint density at radius 3 is 2.78 bits per heavy atom. The first kappa shape index (κ1) is 13.6. The van der Waals surface area contributed by atoms with Crippen LogP contribution in [0.4, 0.5) is 0 Å². The highest BCUT2D eigenvalue weighted by molar-refractivity contribution is 5.05. The zero-order valence-corrected chi connectivity index (χ0v) is 11.7. The molecule has 1 fully saturated rings. The number of nitrogens with zero attached hydrogens (tertiary/aromatic N) is 1. The van der Waals surface area contributed by atoms with Crippen molar-refractivity contribution in [3.05, 3.63) is 23.7 Å². The van der Waals surface area contributed by atoms with Gasteiger partial charge in [0.2, 0.25) is 0 Å². The summed E-state index contributed by atoms with van der Waals surface area (Å²) >= 11 is 0. The van der Waals surface area contributed by atoms with E-state index in [-0.39, 0.29) is 0 Å². The first-order chi connectivity index (χ1) is 8.74. The van der Waals surface area contributed by atoms with Gasteiger partial charge < -0.3 is 9.73 Å². The standard InChI is InChI=1S/C15H26N2O/c1-13-7-8-15(18-13)12-17(2)10-9-16-11-14-5-3-4-6-14/h7-8,14,16H,3-6,9-12H2,1-2H3. The normalized spacial score (nSPS) is 16.8. The number of likely N-dealkylation sites (N-methyl/N-ethyl adjacent to an activating group) is 1. The second-order valence-electron chi connectivity index (χ2n) is 5.60. The van der Waals surface area contributed by atoms with E-state index < -0.39 is 0 Å². The monoisotopic (exact) mass is 250 g/mol. The van der Waals surface area contributed by atoms with Crippen LogP contribution in [-0.4, -0.2) is 31.6 Å². The molecule has 3 heteroatoms. The molecule has 0 atom stereocenters. The van der Waals surface area contributed by atoms with Crippen LogP contribution in [-0.2, 0) is 6.54 Å². The quantitative estimate of drug-likeness (QED) is 0.754. The molecule has 2 rings (SSSR count). The van der Waals surface area contributed by atoms with E-state index in [2.05, 4.69) is 23.3 Å². The Kier molecular flexibility index (Phi) is 5.26. The maximum absolute atomic E-state index is 5.58. The summed E-state index contributed by atoms with van der Waals surface area (Å²) in [5.74, 6) is 2.99. The van der Waals surface area contributed by atoms with Gasteiger partial charge in [0.15, 0.2) is 0 Å². The first-order valence-electron chi connectivity index (χ1n) is 7.18. The second-order valence-corrected chi connectivity index (χ2v) is 5.60. The Balaban J connectivity index is 1.55. The lowest BCUT2D eigenvalue weighted by Gasteiger charge is -2.16. The van der Waals surface area contributed by atoms with Gasteiger partial charge in [-0.3, -0.25) is 4.90 Å². The highest BCUT2D eigenvalue weighted by Crippen LogP contribution is 2.23. The molecule has 1 N–H and O–H groups in total. The van der Waals surface area contributed by atoms with Crippen LogP contribution in [0.15, 0.2) is 16.5 Å². The summed E-state index contributed by atoms with van der Waals surface area (Å²) < 4.78 is 5.58. The fourth-order valence-corrected chi connectivity index (χ4v) is 2.71. The van der Waals surface area contributed by atoms with Gasteiger partial charge in [0, 0.05) is 13.1 Å². The van der Waals surface area contributed by atoms with Crippen molar-refractivity contribution in [3.8, 4) is 0 Å². The highest BCUT2D eigenvalue weighted by Gasteiger charge is 2.13. The molecule has 1 aromatic rings. The molecular formula is C15H26N2O. The summed E-state index contributed by atoms with van der Waals surface area (Å²) in [4.78, 5) is 2.31. The van der Waals surface area contributed by atoms with Crippen LogP contribution in [0.1, 0.15) is 37.2 Å².